The van der Waals surface area contributed by atoms with Crippen molar-refractivity contribution < 1.29 is 40.7 Å². The van der Waals surface area contributed by atoms with E-state index in [1.807, 2.05) is 6.92 Å². The van der Waals surface area contributed by atoms with Gasteiger partial charge in [0.1, 0.15) is 11.6 Å². The van der Waals surface area contributed by atoms with E-state index in [4.69, 9.17) is 4.74 Å². The molecular formula is C27H31F6N7O4. The minimum absolute atomic E-state index is 0.0146. The van der Waals surface area contributed by atoms with Crippen LogP contribution < -0.4 is 20.7 Å². The minimum Gasteiger partial charge on any atom is -0.379 e. The van der Waals surface area contributed by atoms with Crippen molar-refractivity contribution >= 4 is 29.0 Å². The normalized spacial score (nSPS) is 20.2. The molecule has 1 unspecified atom stereocenters. The van der Waals surface area contributed by atoms with Gasteiger partial charge in [-0.1, -0.05) is 6.92 Å². The second-order valence-corrected chi connectivity index (χ2v) is 11.7. The molecule has 0 spiro atoms. The number of halogens is 6. The molecule has 17 heteroatoms. The smallest absolute Gasteiger partial charge is 0.379 e. The summed E-state index contributed by atoms with van der Waals surface area (Å²) in [6.07, 6.45) is -6.30. The number of carbonyl (C=O) groups excluding carboxylic acids is 2. The zero-order valence-electron chi connectivity index (χ0n) is 23.9. The Labute approximate surface area is 247 Å². The van der Waals surface area contributed by atoms with E-state index < -0.39 is 52.7 Å². The van der Waals surface area contributed by atoms with E-state index in [2.05, 4.69) is 15.4 Å². The third-order valence-corrected chi connectivity index (χ3v) is 8.03. The predicted molar refractivity (Wildman–Crippen MR) is 145 cm³/mol. The summed E-state index contributed by atoms with van der Waals surface area (Å²) in [6.45, 7) is 4.02. The number of rotatable bonds is 9. The number of amides is 2. The first kappa shape index (κ1) is 31.5. The molecule has 2 amide bonds. The molecule has 1 saturated carbocycles. The molecule has 3 aliphatic rings. The number of hydrogen-bond acceptors (Lipinski definition) is 8. The van der Waals surface area contributed by atoms with Gasteiger partial charge in [-0.2, -0.15) is 31.4 Å². The number of aromatic amines is 1. The minimum atomic E-state index is -4.90. The molecule has 1 aliphatic carbocycles. The molecule has 240 valence electrons. The Morgan fingerprint density at radius 3 is 2.55 bits per heavy atom. The third-order valence-electron chi connectivity index (χ3n) is 8.03. The van der Waals surface area contributed by atoms with Crippen molar-refractivity contribution in [2.75, 3.05) is 54.5 Å². The fourth-order valence-electron chi connectivity index (χ4n) is 5.38. The van der Waals surface area contributed by atoms with Crippen LogP contribution in [0.25, 0.3) is 0 Å². The Balaban J connectivity index is 1.19. The number of H-pyrrole nitrogens is 1. The number of nitrogens with one attached hydrogen (secondary N) is 2. The Bertz CT molecular complexity index is 1480. The van der Waals surface area contributed by atoms with Gasteiger partial charge < -0.3 is 24.8 Å². The first-order chi connectivity index (χ1) is 20.6. The van der Waals surface area contributed by atoms with Gasteiger partial charge in [-0.05, 0) is 31.2 Å². The summed E-state index contributed by atoms with van der Waals surface area (Å²) >= 11 is 0. The van der Waals surface area contributed by atoms with Gasteiger partial charge in [0.2, 0.25) is 5.91 Å². The van der Waals surface area contributed by atoms with E-state index in [9.17, 15) is 40.7 Å². The van der Waals surface area contributed by atoms with Gasteiger partial charge in [-0.15, -0.1) is 0 Å². The van der Waals surface area contributed by atoms with Crippen LogP contribution in [0.3, 0.4) is 0 Å². The number of piperazine rings is 1. The van der Waals surface area contributed by atoms with Crippen molar-refractivity contribution in [3.8, 4) is 0 Å². The zero-order chi connectivity index (χ0) is 32.0. The molecular weight excluding hydrogens is 600 g/mol. The molecule has 44 heavy (non-hydrogen) atoms. The Morgan fingerprint density at radius 1 is 1.16 bits per heavy atom. The van der Waals surface area contributed by atoms with Gasteiger partial charge in [0.05, 0.1) is 49.3 Å². The maximum Gasteiger partial charge on any atom is 0.423 e. The molecule has 4 heterocycles. The van der Waals surface area contributed by atoms with E-state index in [-0.39, 0.29) is 68.6 Å². The summed E-state index contributed by atoms with van der Waals surface area (Å²) in [5.74, 6) is -0.441. The molecule has 2 aromatic rings. The number of hydrogen-bond donors (Lipinski definition) is 2. The molecule has 2 fully saturated rings. The number of carbonyl (C=O) groups is 2. The highest BCUT2D eigenvalue weighted by atomic mass is 19.4. The first-order valence-corrected chi connectivity index (χ1v) is 14.0. The molecule has 2 N–H and O–H groups in total. The average Bonchev–Trinajstić information content (AvgIpc) is 3.68. The van der Waals surface area contributed by atoms with Crippen LogP contribution in [0, 0.1) is 5.41 Å². The number of ether oxygens (including phenoxy) is 1. The lowest BCUT2D eigenvalue weighted by Crippen LogP contribution is -2.64. The average molecular weight is 632 g/mol. The third kappa shape index (κ3) is 6.61. The van der Waals surface area contributed by atoms with Gasteiger partial charge >= 0.3 is 12.4 Å². The number of alkyl halides is 6. The maximum atomic E-state index is 13.7. The topological polar surface area (TPSA) is 124 Å². The first-order valence-electron chi connectivity index (χ1n) is 14.0. The van der Waals surface area contributed by atoms with Gasteiger partial charge in [0, 0.05) is 31.9 Å². The number of pyridine rings is 1. The summed E-state index contributed by atoms with van der Waals surface area (Å²) in [4.78, 5) is 46.9. The van der Waals surface area contributed by atoms with E-state index in [0.29, 0.717) is 0 Å². The molecule has 2 aromatic heterocycles. The fourth-order valence-corrected chi connectivity index (χ4v) is 5.38. The fraction of sp³-hybridized carbons (Fsp3) is 0.593. The summed E-state index contributed by atoms with van der Waals surface area (Å²) in [7, 11) is 0. The monoisotopic (exact) mass is 631 g/mol. The quantitative estimate of drug-likeness (QED) is 0.320. The Hall–Kier alpha value is -3.89. The molecule has 11 nitrogen and oxygen atoms in total. The number of nitrogens with zero attached hydrogens (tertiary/aromatic N) is 5. The molecule has 0 aromatic carbocycles. The van der Waals surface area contributed by atoms with E-state index in [0.717, 1.165) is 31.3 Å². The van der Waals surface area contributed by atoms with Crippen molar-refractivity contribution in [1.29, 1.82) is 0 Å². The van der Waals surface area contributed by atoms with E-state index in [1.165, 1.54) is 16.7 Å². The van der Waals surface area contributed by atoms with Gasteiger partial charge in [0.15, 0.2) is 5.82 Å². The molecule has 0 bridgehead atoms. The SMILES string of the molecule is C[C@@H](COCCC(=O)N1CCN2c3ncc(C(F)(F)F)cc3N(CC3(C)CC3)C(=O)C2C1)Nc1cn[nH]c(=O)c1C(F)(F)F. The Morgan fingerprint density at radius 2 is 1.89 bits per heavy atom. The number of fused-ring (bicyclic) bond motifs is 3. The lowest BCUT2D eigenvalue weighted by Gasteiger charge is -2.47. The van der Waals surface area contributed by atoms with Crippen molar-refractivity contribution in [2.45, 2.75) is 57.5 Å². The second-order valence-electron chi connectivity index (χ2n) is 11.7. The number of aromatic nitrogens is 3. The summed E-state index contributed by atoms with van der Waals surface area (Å²) in [6, 6.07) is -0.520. The van der Waals surface area contributed by atoms with Gasteiger partial charge in [0.25, 0.3) is 11.5 Å². The van der Waals surface area contributed by atoms with Crippen molar-refractivity contribution in [1.82, 2.24) is 20.1 Å². The van der Waals surface area contributed by atoms with Crippen LogP contribution in [0.2, 0.25) is 0 Å². The summed E-state index contributed by atoms with van der Waals surface area (Å²) < 4.78 is 85.7. The molecule has 2 aliphatic heterocycles. The van der Waals surface area contributed by atoms with Crippen molar-refractivity contribution in [3.05, 3.63) is 39.9 Å². The lowest BCUT2D eigenvalue weighted by atomic mass is 10.0. The Kier molecular flexibility index (Phi) is 8.28. The second kappa shape index (κ2) is 11.6. The van der Waals surface area contributed by atoms with Crippen LogP contribution >= 0.6 is 0 Å². The van der Waals surface area contributed by atoms with Crippen LogP contribution in [0.15, 0.2) is 23.3 Å². The highest BCUT2D eigenvalue weighted by Crippen LogP contribution is 2.48. The lowest BCUT2D eigenvalue weighted by molar-refractivity contribution is -0.138. The number of anilines is 3. The van der Waals surface area contributed by atoms with E-state index >= 15 is 0 Å². The van der Waals surface area contributed by atoms with Crippen LogP contribution in [0.1, 0.15) is 44.2 Å². The van der Waals surface area contributed by atoms with Crippen molar-refractivity contribution in [2.24, 2.45) is 5.41 Å². The summed E-state index contributed by atoms with van der Waals surface area (Å²) in [5.41, 5.74) is -4.32. The van der Waals surface area contributed by atoms with E-state index in [1.54, 1.807) is 10.00 Å². The molecule has 1 saturated heterocycles. The maximum absolute atomic E-state index is 13.7. The molecule has 5 rings (SSSR count). The largest absolute Gasteiger partial charge is 0.423 e. The van der Waals surface area contributed by atoms with Crippen molar-refractivity contribution in [3.63, 3.8) is 0 Å². The molecule has 0 radical (unpaired) electrons. The highest BCUT2D eigenvalue weighted by Gasteiger charge is 2.48. The molecule has 2 atom stereocenters. The standard InChI is InChI=1S/C27H31F6N7O4/c1-15(36-17-11-35-37-23(42)21(17)27(31,32)33)13-44-8-3-20(41)38-6-7-39-19(12-38)24(43)40(14-25(2)4-5-25)18-9-16(26(28,29)30)10-34-22(18)39/h9-11,15,19H,3-8,12-14H2,1-2H3,(H2,36,37,42)/t15-,19?/m0/s1. The van der Waals surface area contributed by atoms with Gasteiger partial charge in [-0.25, -0.2) is 10.1 Å². The van der Waals surface area contributed by atoms with Crippen LogP contribution in [0.5, 0.6) is 0 Å². The van der Waals surface area contributed by atoms with Crippen LogP contribution in [-0.4, -0.2) is 83.4 Å². The van der Waals surface area contributed by atoms with Crippen LogP contribution in [-0.2, 0) is 26.7 Å². The van der Waals surface area contributed by atoms with Crippen LogP contribution in [0.4, 0.5) is 43.5 Å². The predicted octanol–water partition coefficient (Wildman–Crippen LogP) is 3.27. The zero-order valence-corrected chi connectivity index (χ0v) is 23.9. The highest BCUT2D eigenvalue weighted by molar-refractivity contribution is 6.05. The summed E-state index contributed by atoms with van der Waals surface area (Å²) in [5, 5.41) is 7.70. The van der Waals surface area contributed by atoms with Gasteiger partial charge in [-0.3, -0.25) is 14.4 Å².